The molecular formula is C21H32IN5O2. The lowest BCUT2D eigenvalue weighted by Gasteiger charge is -2.19. The van der Waals surface area contributed by atoms with Crippen LogP contribution in [0, 0.1) is 0 Å². The number of amides is 2. The molecule has 0 aromatic heterocycles. The van der Waals surface area contributed by atoms with Crippen LogP contribution in [0.5, 0.6) is 0 Å². The molecule has 29 heavy (non-hydrogen) atoms. The Balaban J connectivity index is 0.00000300. The van der Waals surface area contributed by atoms with E-state index in [2.05, 4.69) is 20.9 Å². The Kier molecular flexibility index (Phi) is 9.69. The van der Waals surface area contributed by atoms with Gasteiger partial charge in [-0.05, 0) is 31.9 Å². The summed E-state index contributed by atoms with van der Waals surface area (Å²) in [6, 6.07) is 10.1. The molecule has 160 valence electrons. The third-order valence-electron chi connectivity index (χ3n) is 5.21. The van der Waals surface area contributed by atoms with Gasteiger partial charge >= 0.3 is 0 Å². The van der Waals surface area contributed by atoms with Gasteiger partial charge in [0.25, 0.3) is 0 Å². The minimum Gasteiger partial charge on any atom is -0.357 e. The van der Waals surface area contributed by atoms with E-state index in [9.17, 15) is 9.59 Å². The Hall–Kier alpha value is -1.84. The third-order valence-corrected chi connectivity index (χ3v) is 5.21. The van der Waals surface area contributed by atoms with Crippen molar-refractivity contribution in [2.75, 3.05) is 24.5 Å². The van der Waals surface area contributed by atoms with E-state index in [0.29, 0.717) is 37.9 Å². The molecule has 1 saturated heterocycles. The van der Waals surface area contributed by atoms with Crippen LogP contribution in [0.4, 0.5) is 5.69 Å². The molecule has 1 saturated carbocycles. The van der Waals surface area contributed by atoms with E-state index in [-0.39, 0.29) is 41.8 Å². The van der Waals surface area contributed by atoms with Crippen LogP contribution in [0.3, 0.4) is 0 Å². The van der Waals surface area contributed by atoms with Gasteiger partial charge in [-0.3, -0.25) is 14.6 Å². The van der Waals surface area contributed by atoms with Gasteiger partial charge < -0.3 is 20.9 Å². The van der Waals surface area contributed by atoms with Crippen molar-refractivity contribution in [1.29, 1.82) is 0 Å². The Bertz CT molecular complexity index is 692. The number of para-hydroxylation sites is 1. The Morgan fingerprint density at radius 3 is 2.55 bits per heavy atom. The zero-order valence-corrected chi connectivity index (χ0v) is 19.4. The fourth-order valence-corrected chi connectivity index (χ4v) is 3.81. The maximum Gasteiger partial charge on any atom is 0.229 e. The highest BCUT2D eigenvalue weighted by Gasteiger charge is 2.31. The number of carbonyl (C=O) groups is 2. The molecule has 0 radical (unpaired) electrons. The van der Waals surface area contributed by atoms with Gasteiger partial charge in [0, 0.05) is 37.7 Å². The molecule has 3 rings (SSSR count). The van der Waals surface area contributed by atoms with Gasteiger partial charge in [-0.1, -0.05) is 31.0 Å². The normalized spacial score (nSPS) is 19.8. The van der Waals surface area contributed by atoms with Gasteiger partial charge in [0.1, 0.15) is 0 Å². The maximum absolute atomic E-state index is 12.4. The van der Waals surface area contributed by atoms with Crippen LogP contribution in [0.1, 0.15) is 45.4 Å². The molecule has 0 bridgehead atoms. The van der Waals surface area contributed by atoms with E-state index in [0.717, 1.165) is 25.1 Å². The Morgan fingerprint density at radius 2 is 1.86 bits per heavy atom. The second-order valence-corrected chi connectivity index (χ2v) is 7.44. The predicted octanol–water partition coefficient (Wildman–Crippen LogP) is 2.41. The van der Waals surface area contributed by atoms with Crippen molar-refractivity contribution in [3.05, 3.63) is 30.3 Å². The first-order chi connectivity index (χ1) is 13.7. The molecule has 2 fully saturated rings. The first-order valence-corrected chi connectivity index (χ1v) is 10.4. The highest BCUT2D eigenvalue weighted by Crippen LogP contribution is 2.21. The average Bonchev–Trinajstić information content (AvgIpc) is 3.32. The van der Waals surface area contributed by atoms with Crippen molar-refractivity contribution < 1.29 is 9.59 Å². The topological polar surface area (TPSA) is 85.8 Å². The van der Waals surface area contributed by atoms with Crippen molar-refractivity contribution in [3.8, 4) is 0 Å². The van der Waals surface area contributed by atoms with Crippen molar-refractivity contribution in [1.82, 2.24) is 16.0 Å². The monoisotopic (exact) mass is 513 g/mol. The fraction of sp³-hybridized carbons (Fsp3) is 0.571. The van der Waals surface area contributed by atoms with E-state index in [1.165, 1.54) is 12.8 Å². The number of anilines is 1. The standard InChI is InChI=1S/C21H31N5O2.HI/c1-2-22-21(23-13-12-19(27)24-16-8-6-7-9-16)25-17-14-20(28)26(15-17)18-10-4-3-5-11-18;/h3-5,10-11,16-17H,2,6-9,12-15H2,1H3,(H,24,27)(H2,22,23,25);1H. The van der Waals surface area contributed by atoms with Crippen molar-refractivity contribution >= 4 is 47.4 Å². The number of benzene rings is 1. The van der Waals surface area contributed by atoms with Gasteiger partial charge in [0.05, 0.1) is 12.6 Å². The first-order valence-electron chi connectivity index (χ1n) is 10.4. The number of aliphatic imine (C=N–C) groups is 1. The van der Waals surface area contributed by atoms with Crippen molar-refractivity contribution in [3.63, 3.8) is 0 Å². The summed E-state index contributed by atoms with van der Waals surface area (Å²) in [5, 5.41) is 9.63. The fourth-order valence-electron chi connectivity index (χ4n) is 3.81. The summed E-state index contributed by atoms with van der Waals surface area (Å²) in [6.07, 6.45) is 5.41. The van der Waals surface area contributed by atoms with Crippen LogP contribution in [0.15, 0.2) is 35.3 Å². The zero-order chi connectivity index (χ0) is 19.8. The summed E-state index contributed by atoms with van der Waals surface area (Å²) in [5.74, 6) is 0.831. The number of carbonyl (C=O) groups excluding carboxylic acids is 2. The molecule has 1 aromatic carbocycles. The molecule has 7 nitrogen and oxygen atoms in total. The molecule has 2 amide bonds. The van der Waals surface area contributed by atoms with Crippen LogP contribution < -0.4 is 20.9 Å². The number of hydrogen-bond acceptors (Lipinski definition) is 3. The number of halogens is 1. The van der Waals surface area contributed by atoms with Crippen LogP contribution in [0.25, 0.3) is 0 Å². The summed E-state index contributed by atoms with van der Waals surface area (Å²) in [4.78, 5) is 30.7. The highest BCUT2D eigenvalue weighted by molar-refractivity contribution is 14.0. The van der Waals surface area contributed by atoms with E-state index in [1.54, 1.807) is 4.90 Å². The molecule has 1 unspecified atom stereocenters. The van der Waals surface area contributed by atoms with Gasteiger partial charge in [0.2, 0.25) is 11.8 Å². The van der Waals surface area contributed by atoms with Gasteiger partial charge in [0.15, 0.2) is 5.96 Å². The van der Waals surface area contributed by atoms with E-state index >= 15 is 0 Å². The highest BCUT2D eigenvalue weighted by atomic mass is 127. The number of guanidine groups is 1. The molecule has 1 aromatic rings. The summed E-state index contributed by atoms with van der Waals surface area (Å²) in [6.45, 7) is 3.76. The number of nitrogens with zero attached hydrogens (tertiary/aromatic N) is 2. The molecule has 1 aliphatic carbocycles. The molecule has 0 spiro atoms. The lowest BCUT2D eigenvalue weighted by atomic mass is 10.2. The second-order valence-electron chi connectivity index (χ2n) is 7.44. The summed E-state index contributed by atoms with van der Waals surface area (Å²) in [7, 11) is 0. The average molecular weight is 513 g/mol. The number of rotatable bonds is 7. The first kappa shape index (κ1) is 23.4. The number of hydrogen-bond donors (Lipinski definition) is 3. The van der Waals surface area contributed by atoms with Crippen molar-refractivity contribution in [2.24, 2.45) is 4.99 Å². The summed E-state index contributed by atoms with van der Waals surface area (Å²) >= 11 is 0. The van der Waals surface area contributed by atoms with E-state index in [1.807, 2.05) is 37.3 Å². The quantitative estimate of drug-likeness (QED) is 0.297. The van der Waals surface area contributed by atoms with Crippen LogP contribution in [-0.4, -0.2) is 49.5 Å². The van der Waals surface area contributed by atoms with Crippen LogP contribution in [-0.2, 0) is 9.59 Å². The summed E-state index contributed by atoms with van der Waals surface area (Å²) in [5.41, 5.74) is 0.919. The number of nitrogens with one attached hydrogen (secondary N) is 3. The zero-order valence-electron chi connectivity index (χ0n) is 17.0. The Labute approximate surface area is 190 Å². The largest absolute Gasteiger partial charge is 0.357 e. The molecule has 1 aliphatic heterocycles. The van der Waals surface area contributed by atoms with Gasteiger partial charge in [-0.25, -0.2) is 0 Å². The van der Waals surface area contributed by atoms with Gasteiger partial charge in [-0.2, -0.15) is 0 Å². The smallest absolute Gasteiger partial charge is 0.229 e. The Morgan fingerprint density at radius 1 is 1.14 bits per heavy atom. The molecule has 2 aliphatic rings. The maximum atomic E-state index is 12.4. The van der Waals surface area contributed by atoms with Crippen LogP contribution in [0.2, 0.25) is 0 Å². The summed E-state index contributed by atoms with van der Waals surface area (Å²) < 4.78 is 0. The third kappa shape index (κ3) is 7.17. The minimum absolute atomic E-state index is 0. The molecule has 8 heteroatoms. The minimum atomic E-state index is -0.00202. The SMILES string of the molecule is CCNC(=NCCC(=O)NC1CCCC1)NC1CC(=O)N(c2ccccc2)C1.I. The lowest BCUT2D eigenvalue weighted by Crippen LogP contribution is -2.44. The predicted molar refractivity (Wildman–Crippen MR) is 127 cm³/mol. The molecule has 3 N–H and O–H groups in total. The van der Waals surface area contributed by atoms with E-state index < -0.39 is 0 Å². The van der Waals surface area contributed by atoms with Crippen LogP contribution >= 0.6 is 24.0 Å². The molecule has 1 heterocycles. The second kappa shape index (κ2) is 12.0. The van der Waals surface area contributed by atoms with Crippen molar-refractivity contribution in [2.45, 2.75) is 57.5 Å². The molecular weight excluding hydrogens is 481 g/mol. The van der Waals surface area contributed by atoms with Gasteiger partial charge in [-0.15, -0.1) is 24.0 Å². The lowest BCUT2D eigenvalue weighted by molar-refractivity contribution is -0.121. The molecule has 1 atom stereocenters. The van der Waals surface area contributed by atoms with E-state index in [4.69, 9.17) is 0 Å².